The van der Waals surface area contributed by atoms with Crippen LogP contribution in [0.15, 0.2) is 0 Å². The summed E-state index contributed by atoms with van der Waals surface area (Å²) in [6, 6.07) is -0.830. The first-order chi connectivity index (χ1) is 15.6. The monoisotopic (exact) mass is 479 g/mol. The van der Waals surface area contributed by atoms with Crippen LogP contribution in [-0.2, 0) is 19.1 Å². The average molecular weight is 480 g/mol. The van der Waals surface area contributed by atoms with Crippen LogP contribution in [-0.4, -0.2) is 70.2 Å². The van der Waals surface area contributed by atoms with Gasteiger partial charge in [0.15, 0.2) is 0 Å². The van der Waals surface area contributed by atoms with E-state index < -0.39 is 34.6 Å². The lowest BCUT2D eigenvalue weighted by atomic mass is 9.62. The molecule has 0 aromatic carbocycles. The maximum absolute atomic E-state index is 13.9. The number of nitrogens with zero attached hydrogens (tertiary/aromatic N) is 1. The summed E-state index contributed by atoms with van der Waals surface area (Å²) in [6.45, 7) is 17.0. The third-order valence-electron chi connectivity index (χ3n) is 7.89. The van der Waals surface area contributed by atoms with Gasteiger partial charge in [0, 0.05) is 25.2 Å². The highest BCUT2D eigenvalue weighted by atomic mass is 16.5. The van der Waals surface area contributed by atoms with E-state index in [2.05, 4.69) is 31.4 Å². The fraction of sp³-hybridized carbons (Fsp3) is 0.885. The zero-order valence-electron chi connectivity index (χ0n) is 22.3. The van der Waals surface area contributed by atoms with Gasteiger partial charge in [-0.05, 0) is 57.8 Å². The molecule has 194 valence electrons. The van der Waals surface area contributed by atoms with Gasteiger partial charge >= 0.3 is 0 Å². The fourth-order valence-electron chi connectivity index (χ4n) is 7.05. The third-order valence-corrected chi connectivity index (χ3v) is 7.89. The van der Waals surface area contributed by atoms with Crippen molar-refractivity contribution in [3.8, 4) is 0 Å². The summed E-state index contributed by atoms with van der Waals surface area (Å²) in [6.07, 6.45) is 2.47. The molecule has 3 fully saturated rings. The van der Waals surface area contributed by atoms with Crippen molar-refractivity contribution in [2.24, 2.45) is 23.2 Å². The topological polar surface area (TPSA) is 108 Å². The lowest BCUT2D eigenvalue weighted by molar-refractivity contribution is -0.148. The van der Waals surface area contributed by atoms with Gasteiger partial charge in [-0.2, -0.15) is 0 Å². The molecule has 2 bridgehead atoms. The summed E-state index contributed by atoms with van der Waals surface area (Å²) in [5.41, 5.74) is -2.33. The number of carbonyl (C=O) groups is 3. The molecule has 3 rings (SSSR count). The third kappa shape index (κ3) is 4.48. The summed E-state index contributed by atoms with van der Waals surface area (Å²) >= 11 is 0. The molecule has 0 saturated carbocycles. The largest absolute Gasteiger partial charge is 0.396 e. The molecule has 3 N–H and O–H groups in total. The van der Waals surface area contributed by atoms with E-state index in [-0.39, 0.29) is 42.2 Å². The minimum atomic E-state index is -1.04. The predicted molar refractivity (Wildman–Crippen MR) is 130 cm³/mol. The quantitative estimate of drug-likeness (QED) is 0.470. The van der Waals surface area contributed by atoms with Crippen LogP contribution in [0, 0.1) is 23.2 Å². The van der Waals surface area contributed by atoms with E-state index in [9.17, 15) is 19.5 Å². The van der Waals surface area contributed by atoms with Crippen molar-refractivity contribution in [3.05, 3.63) is 0 Å². The molecular weight excluding hydrogens is 434 g/mol. The van der Waals surface area contributed by atoms with Gasteiger partial charge in [-0.15, -0.1) is 0 Å². The van der Waals surface area contributed by atoms with Gasteiger partial charge in [-0.3, -0.25) is 14.4 Å². The second kappa shape index (κ2) is 9.08. The minimum absolute atomic E-state index is 0.00639. The molecule has 0 aromatic rings. The molecule has 8 nitrogen and oxygen atoms in total. The van der Waals surface area contributed by atoms with Crippen molar-refractivity contribution in [2.75, 3.05) is 19.7 Å². The first-order valence-corrected chi connectivity index (χ1v) is 12.8. The van der Waals surface area contributed by atoms with Crippen LogP contribution in [0.3, 0.4) is 0 Å². The molecule has 3 saturated heterocycles. The number of hydrogen-bond acceptors (Lipinski definition) is 5. The average Bonchev–Trinajstić information content (AvgIpc) is 3.19. The maximum atomic E-state index is 13.9. The van der Waals surface area contributed by atoms with Crippen LogP contribution >= 0.6 is 0 Å². The second-order valence-corrected chi connectivity index (χ2v) is 12.7. The van der Waals surface area contributed by atoms with Crippen molar-refractivity contribution in [2.45, 2.75) is 104 Å². The number of carbonyl (C=O) groups excluding carboxylic acids is 3. The van der Waals surface area contributed by atoms with Crippen LogP contribution in [0.2, 0.25) is 0 Å². The number of fused-ring (bicyclic) bond motifs is 1. The second-order valence-electron chi connectivity index (χ2n) is 12.7. The lowest BCUT2D eigenvalue weighted by Crippen LogP contribution is -2.59. The van der Waals surface area contributed by atoms with E-state index >= 15 is 0 Å². The Morgan fingerprint density at radius 3 is 2.41 bits per heavy atom. The van der Waals surface area contributed by atoms with Crippen LogP contribution < -0.4 is 10.6 Å². The summed E-state index contributed by atoms with van der Waals surface area (Å²) in [5, 5.41) is 15.6. The molecule has 3 heterocycles. The number of rotatable bonds is 9. The number of amides is 3. The Morgan fingerprint density at radius 1 is 1.21 bits per heavy atom. The van der Waals surface area contributed by atoms with E-state index in [1.54, 1.807) is 4.90 Å². The van der Waals surface area contributed by atoms with E-state index in [1.165, 1.54) is 0 Å². The maximum Gasteiger partial charge on any atom is 0.246 e. The van der Waals surface area contributed by atoms with E-state index in [1.807, 2.05) is 34.6 Å². The van der Waals surface area contributed by atoms with Gasteiger partial charge in [0.25, 0.3) is 0 Å². The summed E-state index contributed by atoms with van der Waals surface area (Å²) in [5.74, 6) is -1.96. The number of aliphatic hydroxyl groups excluding tert-OH is 1. The van der Waals surface area contributed by atoms with Crippen LogP contribution in [0.5, 0.6) is 0 Å². The van der Waals surface area contributed by atoms with Crippen molar-refractivity contribution >= 4 is 17.7 Å². The van der Waals surface area contributed by atoms with Gasteiger partial charge in [-0.25, -0.2) is 0 Å². The zero-order chi connectivity index (χ0) is 25.7. The van der Waals surface area contributed by atoms with Crippen molar-refractivity contribution in [1.82, 2.24) is 15.5 Å². The van der Waals surface area contributed by atoms with Crippen LogP contribution in [0.4, 0.5) is 0 Å². The van der Waals surface area contributed by atoms with Crippen LogP contribution in [0.1, 0.15) is 81.1 Å². The molecule has 3 unspecified atom stereocenters. The van der Waals surface area contributed by atoms with E-state index in [4.69, 9.17) is 4.74 Å². The van der Waals surface area contributed by atoms with Gasteiger partial charge in [0.05, 0.1) is 17.4 Å². The van der Waals surface area contributed by atoms with E-state index in [0.717, 1.165) is 12.8 Å². The van der Waals surface area contributed by atoms with Gasteiger partial charge in [-0.1, -0.05) is 34.6 Å². The molecule has 3 amide bonds. The number of likely N-dealkylation sites (tertiary alicyclic amines) is 1. The van der Waals surface area contributed by atoms with Crippen LogP contribution in [0.25, 0.3) is 0 Å². The summed E-state index contributed by atoms with van der Waals surface area (Å²) < 4.78 is 6.68. The SMILES string of the molecule is CCCNC(=O)[C@H]1[C@H]2C(=O)N(CCCO)C(C(=O)NC(C)(C)CC(C)(C)C)C23CC(C)[C@]1(C)O3. The highest BCUT2D eigenvalue weighted by molar-refractivity contribution is 5.99. The molecule has 3 aliphatic rings. The Bertz CT molecular complexity index is 822. The number of hydrogen-bond donors (Lipinski definition) is 3. The number of nitrogens with one attached hydrogen (secondary N) is 2. The normalized spacial score (nSPS) is 35.0. The smallest absolute Gasteiger partial charge is 0.246 e. The first-order valence-electron chi connectivity index (χ1n) is 12.8. The van der Waals surface area contributed by atoms with Gasteiger partial charge < -0.3 is 25.4 Å². The molecule has 6 atom stereocenters. The highest BCUT2D eigenvalue weighted by Gasteiger charge is 2.79. The lowest BCUT2D eigenvalue weighted by Gasteiger charge is -2.38. The Balaban J connectivity index is 2.01. The van der Waals surface area contributed by atoms with Gasteiger partial charge in [0.2, 0.25) is 17.7 Å². The molecule has 8 heteroatoms. The van der Waals surface area contributed by atoms with Gasteiger partial charge in [0.1, 0.15) is 11.6 Å². The Hall–Kier alpha value is -1.67. The summed E-state index contributed by atoms with van der Waals surface area (Å²) in [4.78, 5) is 42.6. The Labute approximate surface area is 204 Å². The zero-order valence-corrected chi connectivity index (χ0v) is 22.3. The molecule has 0 radical (unpaired) electrons. The molecule has 34 heavy (non-hydrogen) atoms. The summed E-state index contributed by atoms with van der Waals surface area (Å²) in [7, 11) is 0. The molecule has 0 aliphatic carbocycles. The predicted octanol–water partition coefficient (Wildman–Crippen LogP) is 2.24. The number of ether oxygens (including phenoxy) is 1. The molecule has 1 spiro atoms. The standard InChI is InChI=1S/C26H45N3O5/c1-9-11-27-20(31)17-18-22(33)29(12-10-13-30)19(26(18)14-16(2)25(17,8)34-26)21(32)28-24(6,7)15-23(3,4)5/h16-19,30H,9-15H2,1-8H3,(H,27,31)(H,28,32)/t16?,17-,18+,19?,25+,26?/m1/s1. The van der Waals surface area contributed by atoms with Crippen molar-refractivity contribution in [1.29, 1.82) is 0 Å². The molecular formula is C26H45N3O5. The Kier molecular flexibility index (Phi) is 7.19. The number of aliphatic hydroxyl groups is 1. The molecule has 0 aromatic heterocycles. The molecule has 3 aliphatic heterocycles. The van der Waals surface area contributed by atoms with Crippen molar-refractivity contribution < 1.29 is 24.2 Å². The van der Waals surface area contributed by atoms with E-state index in [0.29, 0.717) is 19.4 Å². The van der Waals surface area contributed by atoms with Crippen molar-refractivity contribution in [3.63, 3.8) is 0 Å². The highest BCUT2D eigenvalue weighted by Crippen LogP contribution is 2.65. The fourth-order valence-corrected chi connectivity index (χ4v) is 7.05. The minimum Gasteiger partial charge on any atom is -0.396 e. The Morgan fingerprint density at radius 2 is 1.85 bits per heavy atom. The first kappa shape index (κ1) is 26.9.